The zero-order valence-corrected chi connectivity index (χ0v) is 11.9. The number of aromatic nitrogens is 2. The number of ether oxygens (including phenoxy) is 1. The Balaban J connectivity index is 2.51. The van der Waals surface area contributed by atoms with Gasteiger partial charge in [-0.05, 0) is 26.0 Å². The molecule has 7 heteroatoms. The molecular formula is C14H16N4O3. The van der Waals surface area contributed by atoms with Crippen LogP contribution in [-0.4, -0.2) is 28.0 Å². The van der Waals surface area contributed by atoms with Gasteiger partial charge in [-0.2, -0.15) is 0 Å². The van der Waals surface area contributed by atoms with E-state index in [9.17, 15) is 10.1 Å². The van der Waals surface area contributed by atoms with Crippen LogP contribution in [0.1, 0.15) is 13.8 Å². The Kier molecular flexibility index (Phi) is 4.65. The van der Waals surface area contributed by atoms with Gasteiger partial charge in [0, 0.05) is 12.1 Å². The van der Waals surface area contributed by atoms with E-state index in [1.165, 1.54) is 6.20 Å². The predicted molar refractivity (Wildman–Crippen MR) is 79.5 cm³/mol. The van der Waals surface area contributed by atoms with Crippen molar-refractivity contribution in [1.82, 2.24) is 9.97 Å². The van der Waals surface area contributed by atoms with Crippen LogP contribution in [0.4, 0.5) is 11.6 Å². The molecule has 0 aliphatic heterocycles. The Bertz CT molecular complexity index is 646. The SMILES string of the molecule is CCNc1ncc([N+](=O)[O-])c(-c2cccc(OCC)c2)n1. The molecule has 0 saturated heterocycles. The van der Waals surface area contributed by atoms with Crippen LogP contribution in [0, 0.1) is 10.1 Å². The Labute approximate surface area is 122 Å². The molecule has 21 heavy (non-hydrogen) atoms. The summed E-state index contributed by atoms with van der Waals surface area (Å²) in [6, 6.07) is 7.06. The van der Waals surface area contributed by atoms with Crippen molar-refractivity contribution >= 4 is 11.6 Å². The van der Waals surface area contributed by atoms with Crippen LogP contribution < -0.4 is 10.1 Å². The lowest BCUT2D eigenvalue weighted by Gasteiger charge is -2.08. The summed E-state index contributed by atoms with van der Waals surface area (Å²) in [7, 11) is 0. The fourth-order valence-corrected chi connectivity index (χ4v) is 1.86. The maximum Gasteiger partial charge on any atom is 0.313 e. The number of nitro groups is 1. The lowest BCUT2D eigenvalue weighted by atomic mass is 10.1. The highest BCUT2D eigenvalue weighted by molar-refractivity contribution is 5.71. The van der Waals surface area contributed by atoms with Crippen molar-refractivity contribution in [3.63, 3.8) is 0 Å². The lowest BCUT2D eigenvalue weighted by molar-refractivity contribution is -0.384. The van der Waals surface area contributed by atoms with Gasteiger partial charge in [0.25, 0.3) is 0 Å². The van der Waals surface area contributed by atoms with E-state index in [1.54, 1.807) is 24.3 Å². The van der Waals surface area contributed by atoms with E-state index in [1.807, 2.05) is 13.8 Å². The van der Waals surface area contributed by atoms with Crippen molar-refractivity contribution in [3.05, 3.63) is 40.6 Å². The Morgan fingerprint density at radius 2 is 2.19 bits per heavy atom. The van der Waals surface area contributed by atoms with Gasteiger partial charge in [-0.1, -0.05) is 12.1 Å². The molecule has 110 valence electrons. The summed E-state index contributed by atoms with van der Waals surface area (Å²) in [6.07, 6.45) is 1.22. The fourth-order valence-electron chi connectivity index (χ4n) is 1.86. The van der Waals surface area contributed by atoms with E-state index in [2.05, 4.69) is 15.3 Å². The van der Waals surface area contributed by atoms with Crippen molar-refractivity contribution in [2.75, 3.05) is 18.5 Å². The molecule has 1 aromatic carbocycles. The van der Waals surface area contributed by atoms with Crippen molar-refractivity contribution in [3.8, 4) is 17.0 Å². The van der Waals surface area contributed by atoms with Crippen LogP contribution in [0.25, 0.3) is 11.3 Å². The van der Waals surface area contributed by atoms with Crippen LogP contribution in [0.3, 0.4) is 0 Å². The smallest absolute Gasteiger partial charge is 0.313 e. The quantitative estimate of drug-likeness (QED) is 0.649. The van der Waals surface area contributed by atoms with Crippen molar-refractivity contribution in [2.45, 2.75) is 13.8 Å². The normalized spacial score (nSPS) is 10.2. The number of benzene rings is 1. The third-order valence-corrected chi connectivity index (χ3v) is 2.72. The maximum atomic E-state index is 11.1. The van der Waals surface area contributed by atoms with E-state index < -0.39 is 4.92 Å². The standard InChI is InChI=1S/C14H16N4O3/c1-3-15-14-16-9-12(18(19)20)13(17-14)10-6-5-7-11(8-10)21-4-2/h5-9H,3-4H2,1-2H3,(H,15,16,17). The second kappa shape index (κ2) is 6.65. The van der Waals surface area contributed by atoms with Crippen molar-refractivity contribution < 1.29 is 9.66 Å². The minimum Gasteiger partial charge on any atom is -0.494 e. The minimum atomic E-state index is -0.488. The van der Waals surface area contributed by atoms with Gasteiger partial charge in [0.1, 0.15) is 11.9 Å². The highest BCUT2D eigenvalue weighted by Gasteiger charge is 2.19. The molecule has 0 aliphatic carbocycles. The highest BCUT2D eigenvalue weighted by Crippen LogP contribution is 2.30. The third kappa shape index (κ3) is 3.44. The monoisotopic (exact) mass is 288 g/mol. The average Bonchev–Trinajstić information content (AvgIpc) is 2.48. The van der Waals surface area contributed by atoms with Gasteiger partial charge in [-0.3, -0.25) is 10.1 Å². The molecule has 0 atom stereocenters. The molecule has 0 unspecified atom stereocenters. The van der Waals surface area contributed by atoms with E-state index in [-0.39, 0.29) is 11.4 Å². The first kappa shape index (κ1) is 14.7. The number of nitrogens with zero attached hydrogens (tertiary/aromatic N) is 3. The molecule has 2 aromatic rings. The van der Waals surface area contributed by atoms with Crippen LogP contribution in [0.15, 0.2) is 30.5 Å². The Hall–Kier alpha value is -2.70. The molecule has 0 radical (unpaired) electrons. The molecular weight excluding hydrogens is 272 g/mol. The van der Waals surface area contributed by atoms with Crippen LogP contribution in [0.5, 0.6) is 5.75 Å². The molecule has 2 rings (SSSR count). The van der Waals surface area contributed by atoms with E-state index >= 15 is 0 Å². The molecule has 1 N–H and O–H groups in total. The molecule has 0 spiro atoms. The Morgan fingerprint density at radius 3 is 2.86 bits per heavy atom. The summed E-state index contributed by atoms with van der Waals surface area (Å²) in [5, 5.41) is 14.1. The van der Waals surface area contributed by atoms with Gasteiger partial charge in [0.05, 0.1) is 11.5 Å². The number of rotatable bonds is 6. The number of nitrogens with one attached hydrogen (secondary N) is 1. The largest absolute Gasteiger partial charge is 0.494 e. The molecule has 0 aliphatic rings. The van der Waals surface area contributed by atoms with Gasteiger partial charge in [-0.15, -0.1) is 0 Å². The average molecular weight is 288 g/mol. The molecule has 1 heterocycles. The molecule has 0 amide bonds. The predicted octanol–water partition coefficient (Wildman–Crippen LogP) is 2.88. The minimum absolute atomic E-state index is 0.134. The summed E-state index contributed by atoms with van der Waals surface area (Å²) < 4.78 is 5.42. The van der Waals surface area contributed by atoms with E-state index in [0.717, 1.165) is 0 Å². The zero-order valence-electron chi connectivity index (χ0n) is 11.9. The number of hydrogen-bond acceptors (Lipinski definition) is 6. The van der Waals surface area contributed by atoms with E-state index in [4.69, 9.17) is 4.74 Å². The first-order chi connectivity index (χ1) is 10.2. The highest BCUT2D eigenvalue weighted by atomic mass is 16.6. The van der Waals surface area contributed by atoms with Gasteiger partial charge in [0.2, 0.25) is 5.95 Å². The summed E-state index contributed by atoms with van der Waals surface area (Å²) in [4.78, 5) is 18.8. The van der Waals surface area contributed by atoms with Crippen molar-refractivity contribution in [1.29, 1.82) is 0 Å². The first-order valence-corrected chi connectivity index (χ1v) is 6.64. The fraction of sp³-hybridized carbons (Fsp3) is 0.286. The summed E-state index contributed by atoms with van der Waals surface area (Å²) in [5.41, 5.74) is 0.756. The van der Waals surface area contributed by atoms with E-state index in [0.29, 0.717) is 30.4 Å². The third-order valence-electron chi connectivity index (χ3n) is 2.72. The van der Waals surface area contributed by atoms with Crippen LogP contribution in [0.2, 0.25) is 0 Å². The Morgan fingerprint density at radius 1 is 1.38 bits per heavy atom. The summed E-state index contributed by atoms with van der Waals surface area (Å²) in [6.45, 7) is 4.94. The van der Waals surface area contributed by atoms with Gasteiger partial charge < -0.3 is 10.1 Å². The second-order valence-electron chi connectivity index (χ2n) is 4.18. The topological polar surface area (TPSA) is 90.2 Å². The molecule has 0 bridgehead atoms. The maximum absolute atomic E-state index is 11.1. The molecule has 1 aromatic heterocycles. The number of anilines is 1. The second-order valence-corrected chi connectivity index (χ2v) is 4.18. The first-order valence-electron chi connectivity index (χ1n) is 6.64. The summed E-state index contributed by atoms with van der Waals surface area (Å²) in [5.74, 6) is 1.01. The summed E-state index contributed by atoms with van der Waals surface area (Å²) >= 11 is 0. The zero-order chi connectivity index (χ0) is 15.2. The van der Waals surface area contributed by atoms with Crippen LogP contribution >= 0.6 is 0 Å². The van der Waals surface area contributed by atoms with Gasteiger partial charge >= 0.3 is 5.69 Å². The van der Waals surface area contributed by atoms with Crippen molar-refractivity contribution in [2.24, 2.45) is 0 Å². The van der Waals surface area contributed by atoms with Crippen LogP contribution in [-0.2, 0) is 0 Å². The molecule has 0 saturated carbocycles. The number of hydrogen-bond donors (Lipinski definition) is 1. The lowest BCUT2D eigenvalue weighted by Crippen LogP contribution is -2.05. The van der Waals surface area contributed by atoms with Gasteiger partial charge in [0.15, 0.2) is 5.69 Å². The molecule has 7 nitrogen and oxygen atoms in total. The molecule has 0 fully saturated rings. The van der Waals surface area contributed by atoms with Gasteiger partial charge in [-0.25, -0.2) is 9.97 Å².